The Balaban J connectivity index is 2.10. The van der Waals surface area contributed by atoms with Gasteiger partial charge < -0.3 is 9.47 Å². The van der Waals surface area contributed by atoms with Crippen molar-refractivity contribution in [2.24, 2.45) is 5.92 Å². The number of fused-ring (bicyclic) bond motifs is 1. The molecule has 0 fully saturated rings. The summed E-state index contributed by atoms with van der Waals surface area (Å²) >= 11 is 0. The Bertz CT molecular complexity index is 412. The fraction of sp³-hybridized carbons (Fsp3) is 0.500. The standard InChI is InChI=1S/C14H18O3/c1-3-11(14(15)16-2)8-10-4-5-13-12(9-10)6-7-17-13/h4-5,9,11H,3,6-8H2,1-2H3. The molecular weight excluding hydrogens is 216 g/mol. The lowest BCUT2D eigenvalue weighted by atomic mass is 9.95. The van der Waals surface area contributed by atoms with Crippen LogP contribution in [0.2, 0.25) is 0 Å². The molecule has 2 rings (SSSR count). The lowest BCUT2D eigenvalue weighted by Gasteiger charge is -2.12. The molecule has 3 nitrogen and oxygen atoms in total. The van der Waals surface area contributed by atoms with Gasteiger partial charge in [-0.25, -0.2) is 0 Å². The van der Waals surface area contributed by atoms with E-state index in [1.54, 1.807) is 0 Å². The quantitative estimate of drug-likeness (QED) is 0.750. The average Bonchev–Trinajstić information content (AvgIpc) is 2.82. The largest absolute Gasteiger partial charge is 0.493 e. The van der Waals surface area contributed by atoms with Crippen LogP contribution < -0.4 is 4.74 Å². The first-order valence-electron chi connectivity index (χ1n) is 6.07. The second kappa shape index (κ2) is 5.21. The number of hydrogen-bond donors (Lipinski definition) is 0. The van der Waals surface area contributed by atoms with Crippen molar-refractivity contribution in [2.75, 3.05) is 13.7 Å². The molecule has 0 bridgehead atoms. The molecule has 1 aliphatic heterocycles. The Kier molecular flexibility index (Phi) is 3.67. The first-order valence-corrected chi connectivity index (χ1v) is 6.07. The molecule has 0 radical (unpaired) electrons. The molecular formula is C14H18O3. The van der Waals surface area contributed by atoms with Crippen molar-refractivity contribution in [1.29, 1.82) is 0 Å². The molecule has 1 unspecified atom stereocenters. The normalized spacial score (nSPS) is 14.9. The summed E-state index contributed by atoms with van der Waals surface area (Å²) in [5.74, 6) is 0.824. The van der Waals surface area contributed by atoms with Crippen LogP contribution in [-0.2, 0) is 22.4 Å². The van der Waals surface area contributed by atoms with Gasteiger partial charge in [0.1, 0.15) is 5.75 Å². The molecule has 3 heteroatoms. The smallest absolute Gasteiger partial charge is 0.308 e. The summed E-state index contributed by atoms with van der Waals surface area (Å²) < 4.78 is 10.3. The van der Waals surface area contributed by atoms with Crippen LogP contribution in [0.1, 0.15) is 24.5 Å². The van der Waals surface area contributed by atoms with E-state index in [9.17, 15) is 4.79 Å². The van der Waals surface area contributed by atoms with Gasteiger partial charge in [-0.1, -0.05) is 19.1 Å². The number of carbonyl (C=O) groups is 1. The van der Waals surface area contributed by atoms with E-state index >= 15 is 0 Å². The van der Waals surface area contributed by atoms with Crippen molar-refractivity contribution in [2.45, 2.75) is 26.2 Å². The van der Waals surface area contributed by atoms with Gasteiger partial charge in [0.2, 0.25) is 0 Å². The highest BCUT2D eigenvalue weighted by molar-refractivity contribution is 5.72. The molecule has 1 heterocycles. The summed E-state index contributed by atoms with van der Waals surface area (Å²) in [6.07, 6.45) is 2.52. The number of rotatable bonds is 4. The van der Waals surface area contributed by atoms with Crippen molar-refractivity contribution in [3.05, 3.63) is 29.3 Å². The van der Waals surface area contributed by atoms with Gasteiger partial charge in [0.05, 0.1) is 19.6 Å². The van der Waals surface area contributed by atoms with Crippen molar-refractivity contribution >= 4 is 5.97 Å². The lowest BCUT2D eigenvalue weighted by Crippen LogP contribution is -2.17. The second-order valence-electron chi connectivity index (χ2n) is 4.37. The Morgan fingerprint density at radius 2 is 2.35 bits per heavy atom. The lowest BCUT2D eigenvalue weighted by molar-refractivity contribution is -0.145. The summed E-state index contributed by atoms with van der Waals surface area (Å²) in [4.78, 5) is 11.5. The zero-order valence-electron chi connectivity index (χ0n) is 10.4. The van der Waals surface area contributed by atoms with E-state index in [0.717, 1.165) is 31.6 Å². The van der Waals surface area contributed by atoms with Crippen LogP contribution in [0.3, 0.4) is 0 Å². The highest BCUT2D eigenvalue weighted by Gasteiger charge is 2.19. The van der Waals surface area contributed by atoms with E-state index in [4.69, 9.17) is 9.47 Å². The number of carbonyl (C=O) groups excluding carboxylic acids is 1. The van der Waals surface area contributed by atoms with Gasteiger partial charge in [-0.3, -0.25) is 4.79 Å². The maximum atomic E-state index is 11.5. The molecule has 17 heavy (non-hydrogen) atoms. The molecule has 1 aliphatic rings. The first kappa shape index (κ1) is 12.0. The average molecular weight is 234 g/mol. The highest BCUT2D eigenvalue weighted by Crippen LogP contribution is 2.27. The zero-order valence-corrected chi connectivity index (χ0v) is 10.4. The molecule has 0 saturated heterocycles. The molecule has 1 aromatic rings. The summed E-state index contributed by atoms with van der Waals surface area (Å²) in [5, 5.41) is 0. The van der Waals surface area contributed by atoms with Gasteiger partial charge in [-0.15, -0.1) is 0 Å². The molecule has 92 valence electrons. The van der Waals surface area contributed by atoms with Gasteiger partial charge in [0.25, 0.3) is 0 Å². The summed E-state index contributed by atoms with van der Waals surface area (Å²) in [7, 11) is 1.45. The minimum absolute atomic E-state index is 0.0413. The maximum Gasteiger partial charge on any atom is 0.308 e. The van der Waals surface area contributed by atoms with E-state index in [2.05, 4.69) is 6.07 Å². The van der Waals surface area contributed by atoms with Gasteiger partial charge >= 0.3 is 5.97 Å². The van der Waals surface area contributed by atoms with Crippen molar-refractivity contribution in [3.8, 4) is 5.75 Å². The Morgan fingerprint density at radius 1 is 1.53 bits per heavy atom. The van der Waals surface area contributed by atoms with Crippen LogP contribution in [0.25, 0.3) is 0 Å². The fourth-order valence-corrected chi connectivity index (χ4v) is 2.21. The summed E-state index contributed by atoms with van der Waals surface area (Å²) in [6.45, 7) is 2.78. The molecule has 0 spiro atoms. The van der Waals surface area contributed by atoms with Crippen molar-refractivity contribution < 1.29 is 14.3 Å². The molecule has 0 aliphatic carbocycles. The third kappa shape index (κ3) is 2.60. The van der Waals surface area contributed by atoms with Crippen molar-refractivity contribution in [3.63, 3.8) is 0 Å². The maximum absolute atomic E-state index is 11.5. The van der Waals surface area contributed by atoms with Gasteiger partial charge in [-0.2, -0.15) is 0 Å². The predicted octanol–water partition coefficient (Wildman–Crippen LogP) is 2.36. The Hall–Kier alpha value is -1.51. The molecule has 0 amide bonds. The SMILES string of the molecule is CCC(Cc1ccc2c(c1)CCO2)C(=O)OC. The van der Waals surface area contributed by atoms with Crippen LogP contribution in [0, 0.1) is 5.92 Å². The van der Waals surface area contributed by atoms with E-state index < -0.39 is 0 Å². The number of benzene rings is 1. The van der Waals surface area contributed by atoms with Crippen LogP contribution in [-0.4, -0.2) is 19.7 Å². The third-order valence-corrected chi connectivity index (χ3v) is 3.26. The van der Waals surface area contributed by atoms with Crippen LogP contribution in [0.15, 0.2) is 18.2 Å². The van der Waals surface area contributed by atoms with E-state index in [-0.39, 0.29) is 11.9 Å². The highest BCUT2D eigenvalue weighted by atomic mass is 16.5. The van der Waals surface area contributed by atoms with Gasteiger partial charge in [0, 0.05) is 6.42 Å². The fourth-order valence-electron chi connectivity index (χ4n) is 2.21. The Labute approximate surface area is 102 Å². The molecule has 0 aromatic heterocycles. The molecule has 0 saturated carbocycles. The first-order chi connectivity index (χ1) is 8.24. The third-order valence-electron chi connectivity index (χ3n) is 3.26. The minimum atomic E-state index is -0.121. The van der Waals surface area contributed by atoms with Crippen LogP contribution in [0.4, 0.5) is 0 Å². The van der Waals surface area contributed by atoms with E-state index in [1.165, 1.54) is 18.2 Å². The summed E-state index contributed by atoms with van der Waals surface area (Å²) in [6, 6.07) is 6.19. The second-order valence-corrected chi connectivity index (χ2v) is 4.37. The van der Waals surface area contributed by atoms with Crippen LogP contribution >= 0.6 is 0 Å². The monoisotopic (exact) mass is 234 g/mol. The molecule has 1 aromatic carbocycles. The summed E-state index contributed by atoms with van der Waals surface area (Å²) in [5.41, 5.74) is 2.44. The minimum Gasteiger partial charge on any atom is -0.493 e. The number of hydrogen-bond acceptors (Lipinski definition) is 3. The van der Waals surface area contributed by atoms with E-state index in [0.29, 0.717) is 0 Å². The Morgan fingerprint density at radius 3 is 3.06 bits per heavy atom. The van der Waals surface area contributed by atoms with Gasteiger partial charge in [-0.05, 0) is 30.0 Å². The number of methoxy groups -OCH3 is 1. The van der Waals surface area contributed by atoms with Gasteiger partial charge in [0.15, 0.2) is 0 Å². The van der Waals surface area contributed by atoms with Crippen molar-refractivity contribution in [1.82, 2.24) is 0 Å². The predicted molar refractivity (Wildman–Crippen MR) is 65.1 cm³/mol. The number of ether oxygens (including phenoxy) is 2. The van der Waals surface area contributed by atoms with Crippen LogP contribution in [0.5, 0.6) is 5.75 Å². The topological polar surface area (TPSA) is 35.5 Å². The molecule has 1 atom stereocenters. The van der Waals surface area contributed by atoms with E-state index in [1.807, 2.05) is 19.1 Å². The molecule has 0 N–H and O–H groups in total. The number of esters is 1. The zero-order chi connectivity index (χ0) is 12.3.